The van der Waals surface area contributed by atoms with Crippen LogP contribution in [0, 0.1) is 0 Å². The topological polar surface area (TPSA) is 51.8 Å². The van der Waals surface area contributed by atoms with Crippen molar-refractivity contribution in [3.8, 4) is 11.3 Å². The molecule has 0 radical (unpaired) electrons. The van der Waals surface area contributed by atoms with E-state index < -0.39 is 0 Å². The second-order valence-electron chi connectivity index (χ2n) is 2.87. The number of nitrogen functional groups attached to an aromatic ring is 1. The summed E-state index contributed by atoms with van der Waals surface area (Å²) >= 11 is 3.25. The lowest BCUT2D eigenvalue weighted by molar-refractivity contribution is 1.23. The van der Waals surface area contributed by atoms with Gasteiger partial charge in [-0.25, -0.2) is 4.98 Å². The maximum absolute atomic E-state index is 5.92. The zero-order valence-corrected chi connectivity index (χ0v) is 9.94. The minimum Gasteiger partial charge on any atom is -0.389 e. The van der Waals surface area contributed by atoms with Crippen molar-refractivity contribution in [2.45, 2.75) is 11.3 Å². The fraction of sp³-hybridized carbons (Fsp3) is 0.200. The molecule has 2 N–H and O–H groups in total. The van der Waals surface area contributed by atoms with Crippen molar-refractivity contribution in [2.75, 3.05) is 11.5 Å². The van der Waals surface area contributed by atoms with Gasteiger partial charge < -0.3 is 5.73 Å². The van der Waals surface area contributed by atoms with Gasteiger partial charge in [-0.2, -0.15) is 0 Å². The van der Waals surface area contributed by atoms with E-state index in [9.17, 15) is 0 Å². The van der Waals surface area contributed by atoms with Crippen molar-refractivity contribution in [1.29, 1.82) is 0 Å². The van der Waals surface area contributed by atoms with Crippen LogP contribution in [0.25, 0.3) is 11.3 Å². The Hall–Kier alpha value is -1.07. The van der Waals surface area contributed by atoms with Crippen molar-refractivity contribution in [3.05, 3.63) is 24.5 Å². The lowest BCUT2D eigenvalue weighted by Crippen LogP contribution is -1.86. The van der Waals surface area contributed by atoms with Gasteiger partial charge in [-0.1, -0.05) is 30.0 Å². The Morgan fingerprint density at radius 1 is 1.53 bits per heavy atom. The standard InChI is InChI=1S/C10H11N3S2/c1-2-14-10-13-8(9(11)15-10)7-4-3-5-12-6-7/h3-6H,2,11H2,1H3. The molecule has 0 bridgehead atoms. The summed E-state index contributed by atoms with van der Waals surface area (Å²) in [6, 6.07) is 3.86. The second-order valence-corrected chi connectivity index (χ2v) is 5.41. The first-order valence-electron chi connectivity index (χ1n) is 4.60. The van der Waals surface area contributed by atoms with Crippen molar-refractivity contribution < 1.29 is 0 Å². The third-order valence-electron chi connectivity index (χ3n) is 1.84. The van der Waals surface area contributed by atoms with Gasteiger partial charge >= 0.3 is 0 Å². The number of hydrogen-bond acceptors (Lipinski definition) is 5. The molecule has 0 spiro atoms. The second kappa shape index (κ2) is 4.63. The van der Waals surface area contributed by atoms with Crippen molar-refractivity contribution in [1.82, 2.24) is 9.97 Å². The first-order valence-corrected chi connectivity index (χ1v) is 6.41. The van der Waals surface area contributed by atoms with Crippen molar-refractivity contribution in [2.24, 2.45) is 0 Å². The van der Waals surface area contributed by atoms with E-state index in [1.54, 1.807) is 24.2 Å². The van der Waals surface area contributed by atoms with Crippen LogP contribution in [0.2, 0.25) is 0 Å². The molecule has 0 aliphatic rings. The molecular formula is C10H11N3S2. The number of thioether (sulfide) groups is 1. The number of nitrogens with zero attached hydrogens (tertiary/aromatic N) is 2. The minimum absolute atomic E-state index is 0.763. The van der Waals surface area contributed by atoms with Gasteiger partial charge in [-0.3, -0.25) is 4.98 Å². The molecule has 0 saturated heterocycles. The zero-order valence-electron chi connectivity index (χ0n) is 8.30. The largest absolute Gasteiger partial charge is 0.389 e. The molecule has 0 atom stereocenters. The first-order chi connectivity index (χ1) is 7.31. The molecule has 78 valence electrons. The van der Waals surface area contributed by atoms with Crippen LogP contribution in [0.5, 0.6) is 0 Å². The Bertz CT molecular complexity index is 439. The van der Waals surface area contributed by atoms with E-state index in [1.165, 1.54) is 11.3 Å². The number of anilines is 1. The summed E-state index contributed by atoms with van der Waals surface area (Å²) in [5, 5.41) is 0.763. The Morgan fingerprint density at radius 2 is 2.40 bits per heavy atom. The number of pyridine rings is 1. The van der Waals surface area contributed by atoms with Gasteiger partial charge in [0.2, 0.25) is 0 Å². The Balaban J connectivity index is 2.36. The molecule has 15 heavy (non-hydrogen) atoms. The normalized spacial score (nSPS) is 10.5. The summed E-state index contributed by atoms with van der Waals surface area (Å²) < 4.78 is 1.02. The molecule has 0 amide bonds. The van der Waals surface area contributed by atoms with Crippen molar-refractivity contribution >= 4 is 28.1 Å². The Morgan fingerprint density at radius 3 is 3.07 bits per heavy atom. The number of rotatable bonds is 3. The summed E-state index contributed by atoms with van der Waals surface area (Å²) in [6.45, 7) is 2.10. The predicted octanol–water partition coefficient (Wildman–Crippen LogP) is 2.90. The van der Waals surface area contributed by atoms with Gasteiger partial charge in [-0.05, 0) is 17.9 Å². The van der Waals surface area contributed by atoms with Crippen LogP contribution in [-0.2, 0) is 0 Å². The number of thiazole rings is 1. The highest BCUT2D eigenvalue weighted by atomic mass is 32.2. The molecule has 0 saturated carbocycles. The van der Waals surface area contributed by atoms with E-state index in [4.69, 9.17) is 5.73 Å². The van der Waals surface area contributed by atoms with Gasteiger partial charge in [0.15, 0.2) is 4.34 Å². The third-order valence-corrected chi connectivity index (χ3v) is 3.75. The summed E-state index contributed by atoms with van der Waals surface area (Å²) in [5.74, 6) is 1.01. The highest BCUT2D eigenvalue weighted by Gasteiger charge is 2.10. The SMILES string of the molecule is CCSc1nc(-c2cccnc2)c(N)s1. The molecular weight excluding hydrogens is 226 g/mol. The fourth-order valence-corrected chi connectivity index (χ4v) is 3.05. The molecule has 0 fully saturated rings. The molecule has 5 heteroatoms. The van der Waals surface area contributed by atoms with E-state index in [-0.39, 0.29) is 0 Å². The van der Waals surface area contributed by atoms with E-state index >= 15 is 0 Å². The molecule has 3 nitrogen and oxygen atoms in total. The molecule has 0 unspecified atom stereocenters. The molecule has 0 aliphatic heterocycles. The average Bonchev–Trinajstić information content (AvgIpc) is 2.61. The zero-order chi connectivity index (χ0) is 10.7. The molecule has 2 aromatic rings. The highest BCUT2D eigenvalue weighted by Crippen LogP contribution is 2.34. The van der Waals surface area contributed by atoms with Crippen LogP contribution in [0.1, 0.15) is 6.92 Å². The van der Waals surface area contributed by atoms with Crippen LogP contribution < -0.4 is 5.73 Å². The molecule has 2 rings (SSSR count). The molecule has 2 aromatic heterocycles. The summed E-state index contributed by atoms with van der Waals surface area (Å²) in [4.78, 5) is 8.55. The van der Waals surface area contributed by atoms with Crippen LogP contribution >= 0.6 is 23.1 Å². The fourth-order valence-electron chi connectivity index (χ4n) is 1.21. The van der Waals surface area contributed by atoms with E-state index in [2.05, 4.69) is 16.9 Å². The smallest absolute Gasteiger partial charge is 0.152 e. The summed E-state index contributed by atoms with van der Waals surface area (Å²) in [6.07, 6.45) is 3.53. The monoisotopic (exact) mass is 237 g/mol. The van der Waals surface area contributed by atoms with Gasteiger partial charge in [-0.15, -0.1) is 0 Å². The number of hydrogen-bond donors (Lipinski definition) is 1. The van der Waals surface area contributed by atoms with E-state index in [0.717, 1.165) is 26.4 Å². The lowest BCUT2D eigenvalue weighted by atomic mass is 10.2. The third kappa shape index (κ3) is 2.30. The summed E-state index contributed by atoms with van der Waals surface area (Å²) in [7, 11) is 0. The minimum atomic E-state index is 0.763. The average molecular weight is 237 g/mol. The van der Waals surface area contributed by atoms with Crippen LogP contribution in [0.3, 0.4) is 0 Å². The van der Waals surface area contributed by atoms with E-state index in [1.807, 2.05) is 12.1 Å². The van der Waals surface area contributed by atoms with Gasteiger partial charge in [0.25, 0.3) is 0 Å². The van der Waals surface area contributed by atoms with Crippen LogP contribution in [0.15, 0.2) is 28.9 Å². The Labute approximate surface area is 96.8 Å². The quantitative estimate of drug-likeness (QED) is 0.834. The van der Waals surface area contributed by atoms with Crippen LogP contribution in [0.4, 0.5) is 5.00 Å². The van der Waals surface area contributed by atoms with Gasteiger partial charge in [0.1, 0.15) is 10.7 Å². The van der Waals surface area contributed by atoms with Crippen LogP contribution in [-0.4, -0.2) is 15.7 Å². The maximum atomic E-state index is 5.92. The van der Waals surface area contributed by atoms with E-state index in [0.29, 0.717) is 0 Å². The lowest BCUT2D eigenvalue weighted by Gasteiger charge is -1.95. The number of aromatic nitrogens is 2. The summed E-state index contributed by atoms with van der Waals surface area (Å²) in [5.41, 5.74) is 7.75. The Kier molecular flexibility index (Phi) is 3.23. The van der Waals surface area contributed by atoms with Gasteiger partial charge in [0, 0.05) is 18.0 Å². The maximum Gasteiger partial charge on any atom is 0.152 e. The number of nitrogens with two attached hydrogens (primary N) is 1. The predicted molar refractivity (Wildman–Crippen MR) is 66.2 cm³/mol. The molecule has 2 heterocycles. The highest BCUT2D eigenvalue weighted by molar-refractivity contribution is 8.01. The van der Waals surface area contributed by atoms with Crippen molar-refractivity contribution in [3.63, 3.8) is 0 Å². The molecule has 0 aromatic carbocycles. The van der Waals surface area contributed by atoms with Gasteiger partial charge in [0.05, 0.1) is 0 Å². The molecule has 0 aliphatic carbocycles. The first kappa shape index (κ1) is 10.4.